The molecule has 2 aromatic carbocycles. The molecule has 31 heavy (non-hydrogen) atoms. The Kier molecular flexibility index (Phi) is 6.68. The number of para-hydroxylation sites is 1. The second-order valence-corrected chi connectivity index (χ2v) is 8.16. The van der Waals surface area contributed by atoms with E-state index in [1.807, 2.05) is 6.92 Å². The molecule has 2 heterocycles. The Balaban J connectivity index is 1.44. The number of hydrogen-bond donors (Lipinski definition) is 1. The van der Waals surface area contributed by atoms with E-state index in [0.29, 0.717) is 19.1 Å². The fourth-order valence-electron chi connectivity index (χ4n) is 4.59. The van der Waals surface area contributed by atoms with Crippen molar-refractivity contribution >= 4 is 16.9 Å². The summed E-state index contributed by atoms with van der Waals surface area (Å²) in [6, 6.07) is 13.0. The van der Waals surface area contributed by atoms with Crippen LogP contribution in [0, 0.1) is 5.82 Å². The number of rotatable bonds is 8. The standard InChI is InChI=1S/C25H29FN2O3/c1-2-31-14-13-28-17-22(20-5-3-4-6-24(20)28)19-9-11-27(12-10-19)16-18-7-8-23(26)21(15-18)25(29)30/h3-8,15,17,19H,2,9-14,16H2,1H3,(H,29,30). The fourth-order valence-corrected chi connectivity index (χ4v) is 4.59. The number of ether oxygens (including phenoxy) is 1. The number of benzene rings is 2. The molecule has 0 aliphatic carbocycles. The highest BCUT2D eigenvalue weighted by molar-refractivity contribution is 5.88. The lowest BCUT2D eigenvalue weighted by atomic mass is 9.89. The van der Waals surface area contributed by atoms with Gasteiger partial charge < -0.3 is 14.4 Å². The van der Waals surface area contributed by atoms with Crippen molar-refractivity contribution in [2.24, 2.45) is 0 Å². The van der Waals surface area contributed by atoms with Crippen molar-refractivity contribution in [2.45, 2.75) is 38.8 Å². The van der Waals surface area contributed by atoms with Crippen LogP contribution in [-0.2, 0) is 17.8 Å². The van der Waals surface area contributed by atoms with Crippen LogP contribution in [0.25, 0.3) is 10.9 Å². The normalized spacial score (nSPS) is 15.5. The van der Waals surface area contributed by atoms with Crippen LogP contribution in [0.2, 0.25) is 0 Å². The molecular weight excluding hydrogens is 395 g/mol. The zero-order chi connectivity index (χ0) is 21.8. The van der Waals surface area contributed by atoms with Gasteiger partial charge in [-0.2, -0.15) is 0 Å². The number of carbonyl (C=O) groups is 1. The van der Waals surface area contributed by atoms with Crippen molar-refractivity contribution in [3.63, 3.8) is 0 Å². The third kappa shape index (κ3) is 4.81. The Labute approximate surface area is 182 Å². The molecule has 1 aliphatic rings. The van der Waals surface area contributed by atoms with Gasteiger partial charge in [-0.3, -0.25) is 4.90 Å². The van der Waals surface area contributed by atoms with Crippen molar-refractivity contribution < 1.29 is 19.0 Å². The lowest BCUT2D eigenvalue weighted by Gasteiger charge is -2.32. The van der Waals surface area contributed by atoms with Crippen molar-refractivity contribution in [1.29, 1.82) is 0 Å². The molecule has 1 aliphatic heterocycles. The monoisotopic (exact) mass is 424 g/mol. The SMILES string of the molecule is CCOCCn1cc(C2CCN(Cc3ccc(F)c(C(=O)O)c3)CC2)c2ccccc21. The first kappa shape index (κ1) is 21.5. The van der Waals surface area contributed by atoms with Crippen LogP contribution >= 0.6 is 0 Å². The van der Waals surface area contributed by atoms with Crippen molar-refractivity contribution in [1.82, 2.24) is 9.47 Å². The summed E-state index contributed by atoms with van der Waals surface area (Å²) in [5.41, 5.74) is 3.24. The van der Waals surface area contributed by atoms with E-state index in [0.717, 1.165) is 44.6 Å². The van der Waals surface area contributed by atoms with Crippen LogP contribution in [0.1, 0.15) is 47.2 Å². The Morgan fingerprint density at radius 1 is 1.19 bits per heavy atom. The maximum absolute atomic E-state index is 13.7. The predicted octanol–water partition coefficient (Wildman–Crippen LogP) is 4.89. The maximum Gasteiger partial charge on any atom is 0.338 e. The Hall–Kier alpha value is -2.70. The van der Waals surface area contributed by atoms with Gasteiger partial charge in [0.2, 0.25) is 0 Å². The molecule has 5 nitrogen and oxygen atoms in total. The number of aromatic carboxylic acids is 1. The average Bonchev–Trinajstić information content (AvgIpc) is 3.14. The molecule has 0 saturated carbocycles. The molecule has 0 atom stereocenters. The van der Waals surface area contributed by atoms with Gasteiger partial charge in [-0.05, 0) is 68.1 Å². The number of piperidine rings is 1. The third-order valence-electron chi connectivity index (χ3n) is 6.19. The number of aromatic nitrogens is 1. The minimum absolute atomic E-state index is 0.257. The van der Waals surface area contributed by atoms with Crippen molar-refractivity contribution in [2.75, 3.05) is 26.3 Å². The van der Waals surface area contributed by atoms with E-state index in [1.54, 1.807) is 6.07 Å². The van der Waals surface area contributed by atoms with E-state index in [2.05, 4.69) is 39.9 Å². The number of halogens is 1. The predicted molar refractivity (Wildman–Crippen MR) is 119 cm³/mol. The van der Waals surface area contributed by atoms with Gasteiger partial charge >= 0.3 is 5.97 Å². The summed E-state index contributed by atoms with van der Waals surface area (Å²) in [6.45, 7) is 6.82. The smallest absolute Gasteiger partial charge is 0.338 e. The van der Waals surface area contributed by atoms with Gasteiger partial charge in [0.15, 0.2) is 0 Å². The highest BCUT2D eigenvalue weighted by atomic mass is 19.1. The quantitative estimate of drug-likeness (QED) is 0.523. The van der Waals surface area contributed by atoms with Crippen LogP contribution in [0.4, 0.5) is 4.39 Å². The molecule has 0 spiro atoms. The lowest BCUT2D eigenvalue weighted by Crippen LogP contribution is -2.32. The van der Waals surface area contributed by atoms with Gasteiger partial charge in [0.05, 0.1) is 12.2 Å². The number of fused-ring (bicyclic) bond motifs is 1. The first-order valence-corrected chi connectivity index (χ1v) is 11.0. The molecule has 0 radical (unpaired) electrons. The summed E-state index contributed by atoms with van der Waals surface area (Å²) >= 11 is 0. The summed E-state index contributed by atoms with van der Waals surface area (Å²) < 4.78 is 21.5. The van der Waals surface area contributed by atoms with Gasteiger partial charge in [0.1, 0.15) is 5.82 Å². The van der Waals surface area contributed by atoms with Crippen molar-refractivity contribution in [3.05, 3.63) is 71.2 Å². The minimum Gasteiger partial charge on any atom is -0.478 e. The first-order chi connectivity index (χ1) is 15.1. The molecule has 1 N–H and O–H groups in total. The molecule has 164 valence electrons. The highest BCUT2D eigenvalue weighted by Gasteiger charge is 2.24. The van der Waals surface area contributed by atoms with Gasteiger partial charge in [-0.1, -0.05) is 24.3 Å². The topological polar surface area (TPSA) is 54.7 Å². The van der Waals surface area contributed by atoms with E-state index in [-0.39, 0.29) is 5.56 Å². The van der Waals surface area contributed by atoms with Crippen molar-refractivity contribution in [3.8, 4) is 0 Å². The summed E-state index contributed by atoms with van der Waals surface area (Å²) in [5, 5.41) is 10.5. The van der Waals surface area contributed by atoms with E-state index in [4.69, 9.17) is 9.84 Å². The van der Waals surface area contributed by atoms with E-state index >= 15 is 0 Å². The second-order valence-electron chi connectivity index (χ2n) is 8.16. The largest absolute Gasteiger partial charge is 0.478 e. The van der Waals surface area contributed by atoms with Gasteiger partial charge in [-0.25, -0.2) is 9.18 Å². The molecule has 0 unspecified atom stereocenters. The maximum atomic E-state index is 13.7. The molecule has 4 rings (SSSR count). The Morgan fingerprint density at radius 2 is 1.97 bits per heavy atom. The highest BCUT2D eigenvalue weighted by Crippen LogP contribution is 2.35. The second kappa shape index (κ2) is 9.62. The number of nitrogens with zero attached hydrogens (tertiary/aromatic N) is 2. The molecule has 1 fully saturated rings. The molecular formula is C25H29FN2O3. The molecule has 3 aromatic rings. The van der Waals surface area contributed by atoms with Gasteiger partial charge in [0, 0.05) is 36.8 Å². The molecule has 0 amide bonds. The van der Waals surface area contributed by atoms with Crippen LogP contribution in [0.3, 0.4) is 0 Å². The van der Waals surface area contributed by atoms with Crippen LogP contribution in [-0.4, -0.2) is 46.8 Å². The number of hydrogen-bond acceptors (Lipinski definition) is 3. The minimum atomic E-state index is -1.22. The molecule has 1 aromatic heterocycles. The number of likely N-dealkylation sites (tertiary alicyclic amines) is 1. The molecule has 1 saturated heterocycles. The Morgan fingerprint density at radius 3 is 2.71 bits per heavy atom. The zero-order valence-electron chi connectivity index (χ0n) is 17.9. The Bertz CT molecular complexity index is 1050. The van der Waals surface area contributed by atoms with E-state index in [9.17, 15) is 9.18 Å². The summed E-state index contributed by atoms with van der Waals surface area (Å²) in [7, 11) is 0. The first-order valence-electron chi connectivity index (χ1n) is 11.0. The number of carboxylic acids is 1. The average molecular weight is 425 g/mol. The third-order valence-corrected chi connectivity index (χ3v) is 6.19. The summed E-state index contributed by atoms with van der Waals surface area (Å²) in [5.74, 6) is -1.41. The van der Waals surface area contributed by atoms with Crippen LogP contribution < -0.4 is 0 Å². The van der Waals surface area contributed by atoms with Crippen LogP contribution in [0.15, 0.2) is 48.7 Å². The summed E-state index contributed by atoms with van der Waals surface area (Å²) in [4.78, 5) is 13.5. The van der Waals surface area contributed by atoms with E-state index < -0.39 is 11.8 Å². The lowest BCUT2D eigenvalue weighted by molar-refractivity contribution is 0.0691. The zero-order valence-corrected chi connectivity index (χ0v) is 17.9. The van der Waals surface area contributed by atoms with Gasteiger partial charge in [0.25, 0.3) is 0 Å². The van der Waals surface area contributed by atoms with Crippen LogP contribution in [0.5, 0.6) is 0 Å². The number of carboxylic acid groups (broad SMARTS) is 1. The van der Waals surface area contributed by atoms with Gasteiger partial charge in [-0.15, -0.1) is 0 Å². The summed E-state index contributed by atoms with van der Waals surface area (Å²) in [6.07, 6.45) is 4.39. The molecule has 0 bridgehead atoms. The fraction of sp³-hybridized carbons (Fsp3) is 0.400. The molecule has 6 heteroatoms. The van der Waals surface area contributed by atoms with E-state index in [1.165, 1.54) is 28.6 Å².